The van der Waals surface area contributed by atoms with E-state index in [2.05, 4.69) is 199 Å². The fraction of sp³-hybridized carbons (Fsp3) is 0.0741. The minimum absolute atomic E-state index is 0.0279. The van der Waals surface area contributed by atoms with E-state index < -0.39 is 0 Å². The van der Waals surface area contributed by atoms with Crippen LogP contribution in [0.4, 0.5) is 5.69 Å². The van der Waals surface area contributed by atoms with Gasteiger partial charge in [-0.25, -0.2) is 0 Å². The molecule has 0 bridgehead atoms. The van der Waals surface area contributed by atoms with E-state index in [0.717, 1.165) is 39.8 Å². The maximum absolute atomic E-state index is 6.69. The van der Waals surface area contributed by atoms with Crippen molar-refractivity contribution < 1.29 is 9.15 Å². The van der Waals surface area contributed by atoms with Gasteiger partial charge in [0.05, 0.1) is 5.70 Å². The summed E-state index contributed by atoms with van der Waals surface area (Å²) in [7, 11) is 0. The van der Waals surface area contributed by atoms with Crippen molar-refractivity contribution in [2.45, 2.75) is 24.5 Å². The first-order valence-corrected chi connectivity index (χ1v) is 19.9. The zero-order valence-corrected chi connectivity index (χ0v) is 31.2. The van der Waals surface area contributed by atoms with Gasteiger partial charge in [-0.05, 0) is 81.3 Å². The third kappa shape index (κ3) is 5.12. The topological polar surface area (TPSA) is 25.6 Å². The van der Waals surface area contributed by atoms with Crippen molar-refractivity contribution in [2.24, 2.45) is 0 Å². The predicted octanol–water partition coefficient (Wildman–Crippen LogP) is 13.5. The van der Waals surface area contributed by atoms with Crippen molar-refractivity contribution in [1.82, 2.24) is 0 Å². The molecule has 57 heavy (non-hydrogen) atoms. The summed E-state index contributed by atoms with van der Waals surface area (Å²) in [6.45, 7) is 0. The van der Waals surface area contributed by atoms with E-state index in [0.29, 0.717) is 0 Å². The number of ether oxygens (including phenoxy) is 1. The molecule has 0 saturated carbocycles. The van der Waals surface area contributed by atoms with Crippen LogP contribution in [0.15, 0.2) is 199 Å². The lowest BCUT2D eigenvalue weighted by Gasteiger charge is -2.32. The molecule has 3 atom stereocenters. The van der Waals surface area contributed by atoms with Crippen molar-refractivity contribution >= 4 is 38.9 Å². The van der Waals surface area contributed by atoms with Crippen LogP contribution in [-0.2, 0) is 6.42 Å². The number of rotatable bonds is 7. The maximum Gasteiger partial charge on any atom is 0.151 e. The molecule has 0 amide bonds. The monoisotopic (exact) mass is 731 g/mol. The highest BCUT2D eigenvalue weighted by Crippen LogP contribution is 2.61. The number of hydrogen-bond donors (Lipinski definition) is 0. The van der Waals surface area contributed by atoms with Gasteiger partial charge in [-0.15, -0.1) is 0 Å². The van der Waals surface area contributed by atoms with Crippen molar-refractivity contribution in [3.63, 3.8) is 0 Å². The first-order valence-electron chi connectivity index (χ1n) is 19.9. The Hall–Kier alpha value is -7.10. The average Bonchev–Trinajstić information content (AvgIpc) is 3.92. The lowest BCUT2D eigenvalue weighted by molar-refractivity contribution is 0.274. The summed E-state index contributed by atoms with van der Waals surface area (Å²) in [5.41, 5.74) is 18.1. The highest BCUT2D eigenvalue weighted by atomic mass is 16.5. The smallest absolute Gasteiger partial charge is 0.151 e. The summed E-state index contributed by atoms with van der Waals surface area (Å²) in [5.74, 6) is 1.12. The third-order valence-corrected chi connectivity index (χ3v) is 12.4. The van der Waals surface area contributed by atoms with Crippen LogP contribution in [0.25, 0.3) is 55.5 Å². The number of hydrogen-bond acceptors (Lipinski definition) is 3. The van der Waals surface area contributed by atoms with Gasteiger partial charge in [0.1, 0.15) is 23.0 Å². The molecule has 9 aromatic rings. The van der Waals surface area contributed by atoms with Gasteiger partial charge in [0.2, 0.25) is 0 Å². The van der Waals surface area contributed by atoms with Gasteiger partial charge in [0.25, 0.3) is 0 Å². The Morgan fingerprint density at radius 1 is 0.491 bits per heavy atom. The van der Waals surface area contributed by atoms with Gasteiger partial charge >= 0.3 is 0 Å². The van der Waals surface area contributed by atoms with Crippen molar-refractivity contribution in [3.8, 4) is 28.0 Å². The fourth-order valence-electron chi connectivity index (χ4n) is 9.61. The van der Waals surface area contributed by atoms with Crippen LogP contribution in [0.3, 0.4) is 0 Å². The first kappa shape index (κ1) is 32.2. The Labute approximate surface area is 331 Å². The molecular formula is C54H37NO2. The second-order valence-corrected chi connectivity index (χ2v) is 15.5. The van der Waals surface area contributed by atoms with Crippen LogP contribution in [0, 0.1) is 0 Å². The summed E-state index contributed by atoms with van der Waals surface area (Å²) in [6.07, 6.45) is 0.843. The van der Waals surface area contributed by atoms with E-state index in [-0.39, 0.29) is 18.1 Å². The normalized spacial score (nSPS) is 16.8. The van der Waals surface area contributed by atoms with E-state index in [1.165, 1.54) is 66.9 Å². The molecule has 0 spiro atoms. The fourth-order valence-corrected chi connectivity index (χ4v) is 9.61. The average molecular weight is 732 g/mol. The predicted molar refractivity (Wildman–Crippen MR) is 232 cm³/mol. The number of nitrogens with zero attached hydrogens (tertiary/aromatic N) is 1. The van der Waals surface area contributed by atoms with E-state index >= 15 is 0 Å². The highest BCUT2D eigenvalue weighted by Gasteiger charge is 2.53. The molecule has 1 aliphatic carbocycles. The number of benzene rings is 8. The standard InChI is InChI=1S/C54H37NO2/c1-3-11-35(12-4-1)37-21-19-34(20-22-37)31-46(39-25-23-38(24-26-39)36-13-5-2-6-14-36)40-27-29-42-47-33-41(28-30-49(47)56-50(42)32-40)55-52-44-16-8-7-15-43(44)51(52)54-53(55)45-17-9-10-18-48(45)57-54/h1-30,32-33,46,53-54H,31H2/t46-,53?,54?/m1/s1. The van der Waals surface area contributed by atoms with Crippen LogP contribution in [0.1, 0.15) is 45.3 Å². The minimum atomic E-state index is -0.0279. The Kier molecular flexibility index (Phi) is 7.18. The molecule has 3 heteroatoms. The Morgan fingerprint density at radius 3 is 1.88 bits per heavy atom. The second-order valence-electron chi connectivity index (χ2n) is 15.5. The molecule has 3 nitrogen and oxygen atoms in total. The summed E-state index contributed by atoms with van der Waals surface area (Å²) < 4.78 is 13.4. The molecule has 12 rings (SSSR count). The third-order valence-electron chi connectivity index (χ3n) is 12.4. The summed E-state index contributed by atoms with van der Waals surface area (Å²) >= 11 is 0. The van der Waals surface area contributed by atoms with E-state index in [9.17, 15) is 0 Å². The van der Waals surface area contributed by atoms with Crippen molar-refractivity contribution in [3.05, 3.63) is 228 Å². The van der Waals surface area contributed by atoms with E-state index in [4.69, 9.17) is 9.15 Å². The Bertz CT molecular complexity index is 3010. The number of furan rings is 1. The molecular weight excluding hydrogens is 695 g/mol. The van der Waals surface area contributed by atoms with Crippen LogP contribution < -0.4 is 9.64 Å². The molecule has 0 N–H and O–H groups in total. The lowest BCUT2D eigenvalue weighted by atomic mass is 9.83. The molecule has 270 valence electrons. The zero-order valence-electron chi connectivity index (χ0n) is 31.2. The maximum atomic E-state index is 6.69. The van der Waals surface area contributed by atoms with Gasteiger partial charge < -0.3 is 14.1 Å². The van der Waals surface area contributed by atoms with Gasteiger partial charge in [-0.3, -0.25) is 0 Å². The molecule has 1 aromatic heterocycles. The minimum Gasteiger partial charge on any atom is -0.483 e. The quantitative estimate of drug-likeness (QED) is 0.163. The van der Waals surface area contributed by atoms with E-state index in [1.54, 1.807) is 0 Å². The summed E-state index contributed by atoms with van der Waals surface area (Å²) in [5, 5.41) is 2.25. The number of fused-ring (bicyclic) bond motifs is 10. The summed E-state index contributed by atoms with van der Waals surface area (Å²) in [4.78, 5) is 2.51. The molecule has 3 aliphatic rings. The lowest BCUT2D eigenvalue weighted by Crippen LogP contribution is -2.26. The van der Waals surface area contributed by atoms with Crippen LogP contribution in [0.5, 0.6) is 5.75 Å². The SMILES string of the molecule is c1ccc(-c2ccc(C[C@H](c3ccc(-c4ccccc4)cc3)c3ccc4c(c3)oc3ccc(N5C6=C(c7ccccc76)C6Oc7ccccc7C65)cc34)cc2)cc1. The molecule has 0 fully saturated rings. The van der Waals surface area contributed by atoms with Gasteiger partial charge in [0, 0.05) is 39.1 Å². The molecule has 3 heterocycles. The zero-order chi connectivity index (χ0) is 37.5. The first-order chi connectivity index (χ1) is 28.2. The summed E-state index contributed by atoms with van der Waals surface area (Å²) in [6, 6.07) is 70.3. The van der Waals surface area contributed by atoms with Crippen molar-refractivity contribution in [2.75, 3.05) is 4.90 Å². The second kappa shape index (κ2) is 12.7. The Balaban J connectivity index is 0.928. The van der Waals surface area contributed by atoms with E-state index in [1.807, 2.05) is 0 Å². The van der Waals surface area contributed by atoms with Gasteiger partial charge in [-0.2, -0.15) is 0 Å². The van der Waals surface area contributed by atoms with Gasteiger partial charge in [-0.1, -0.05) is 164 Å². The number of para-hydroxylation sites is 1. The van der Waals surface area contributed by atoms with Crippen LogP contribution in [0.2, 0.25) is 0 Å². The molecule has 8 aromatic carbocycles. The molecule has 2 aliphatic heterocycles. The molecule has 0 saturated heterocycles. The number of anilines is 1. The molecule has 2 unspecified atom stereocenters. The highest BCUT2D eigenvalue weighted by molar-refractivity contribution is 6.15. The van der Waals surface area contributed by atoms with Gasteiger partial charge in [0.15, 0.2) is 6.10 Å². The van der Waals surface area contributed by atoms with Crippen LogP contribution in [-0.4, -0.2) is 6.10 Å². The van der Waals surface area contributed by atoms with Crippen LogP contribution >= 0.6 is 0 Å². The molecule has 0 radical (unpaired) electrons. The van der Waals surface area contributed by atoms with Crippen molar-refractivity contribution in [1.29, 1.82) is 0 Å². The largest absolute Gasteiger partial charge is 0.483 e. The Morgan fingerprint density at radius 2 is 1.12 bits per heavy atom.